The summed E-state index contributed by atoms with van der Waals surface area (Å²) in [5.41, 5.74) is 1.02. The van der Waals surface area contributed by atoms with E-state index in [-0.39, 0.29) is 17.4 Å². The Hall–Kier alpha value is -2.60. The van der Waals surface area contributed by atoms with E-state index < -0.39 is 12.1 Å². The van der Waals surface area contributed by atoms with Gasteiger partial charge >= 0.3 is 5.97 Å². The van der Waals surface area contributed by atoms with Gasteiger partial charge in [0.1, 0.15) is 5.78 Å². The summed E-state index contributed by atoms with van der Waals surface area (Å²) in [5.74, 6) is -0.447. The van der Waals surface area contributed by atoms with Crippen LogP contribution in [0.15, 0.2) is 59.5 Å². The van der Waals surface area contributed by atoms with E-state index in [1.807, 2.05) is 24.3 Å². The smallest absolute Gasteiger partial charge is 0.340 e. The molecule has 0 spiro atoms. The van der Waals surface area contributed by atoms with Crippen LogP contribution in [0.5, 0.6) is 0 Å². The Balaban J connectivity index is 1.84. The molecule has 5 nitrogen and oxygen atoms in total. The number of amides is 1. The molecule has 3 rings (SSSR count). The van der Waals surface area contributed by atoms with Crippen molar-refractivity contribution < 1.29 is 19.1 Å². The van der Waals surface area contributed by atoms with E-state index in [1.165, 1.54) is 18.7 Å². The molecular weight excluding hydrogens is 374 g/mol. The number of likely N-dealkylation sites (tertiary alicyclic amines) is 1. The second-order valence-corrected chi connectivity index (χ2v) is 7.73. The summed E-state index contributed by atoms with van der Waals surface area (Å²) in [6, 6.07) is 16.1. The molecule has 2 aromatic carbocycles. The third kappa shape index (κ3) is 5.01. The number of hydrogen-bond donors (Lipinski definition) is 0. The predicted octanol–water partition coefficient (Wildman–Crippen LogP) is 3.89. The highest BCUT2D eigenvalue weighted by atomic mass is 32.2. The summed E-state index contributed by atoms with van der Waals surface area (Å²) in [6.07, 6.45) is 0.954. The topological polar surface area (TPSA) is 63.7 Å². The minimum atomic E-state index is -0.974. The van der Waals surface area contributed by atoms with Crippen molar-refractivity contribution in [2.24, 2.45) is 0 Å². The third-order valence-corrected chi connectivity index (χ3v) is 5.73. The zero-order chi connectivity index (χ0) is 19.9. The molecule has 1 amide bonds. The molecule has 6 heteroatoms. The molecule has 1 atom stereocenters. The monoisotopic (exact) mass is 397 g/mol. The van der Waals surface area contributed by atoms with Gasteiger partial charge in [0.2, 0.25) is 6.10 Å². The van der Waals surface area contributed by atoms with Gasteiger partial charge < -0.3 is 9.64 Å². The fourth-order valence-electron chi connectivity index (χ4n) is 3.10. The van der Waals surface area contributed by atoms with Crippen LogP contribution in [0.4, 0.5) is 0 Å². The van der Waals surface area contributed by atoms with Crippen molar-refractivity contribution in [2.45, 2.75) is 30.8 Å². The molecule has 1 aliphatic heterocycles. The number of rotatable bonds is 7. The van der Waals surface area contributed by atoms with Crippen LogP contribution in [0, 0.1) is 0 Å². The second kappa shape index (κ2) is 9.55. The lowest BCUT2D eigenvalue weighted by Gasteiger charge is -2.24. The first-order valence-corrected chi connectivity index (χ1v) is 10.3. The van der Waals surface area contributed by atoms with Gasteiger partial charge in [-0.3, -0.25) is 9.59 Å². The van der Waals surface area contributed by atoms with Crippen LogP contribution in [0.3, 0.4) is 0 Å². The number of hydrogen-bond acceptors (Lipinski definition) is 5. The number of benzene rings is 2. The van der Waals surface area contributed by atoms with Crippen LogP contribution < -0.4 is 0 Å². The Kier molecular flexibility index (Phi) is 6.87. The minimum absolute atomic E-state index is 0.0274. The van der Waals surface area contributed by atoms with Crippen molar-refractivity contribution >= 4 is 29.4 Å². The van der Waals surface area contributed by atoms with Gasteiger partial charge in [0, 0.05) is 23.5 Å². The predicted molar refractivity (Wildman–Crippen MR) is 108 cm³/mol. The van der Waals surface area contributed by atoms with Crippen molar-refractivity contribution in [3.63, 3.8) is 0 Å². The summed E-state index contributed by atoms with van der Waals surface area (Å²) in [7, 11) is 0. The van der Waals surface area contributed by atoms with E-state index in [0.717, 1.165) is 12.8 Å². The van der Waals surface area contributed by atoms with Gasteiger partial charge in [0.25, 0.3) is 5.91 Å². The van der Waals surface area contributed by atoms with Crippen LogP contribution in [-0.2, 0) is 14.3 Å². The van der Waals surface area contributed by atoms with Gasteiger partial charge in [0.05, 0.1) is 11.3 Å². The zero-order valence-corrected chi connectivity index (χ0v) is 16.6. The summed E-state index contributed by atoms with van der Waals surface area (Å²) in [5, 5.41) is 0. The van der Waals surface area contributed by atoms with Crippen molar-refractivity contribution in [1.82, 2.24) is 4.90 Å². The first-order valence-electron chi connectivity index (χ1n) is 9.32. The lowest BCUT2D eigenvalue weighted by molar-refractivity contribution is -0.140. The molecule has 28 heavy (non-hydrogen) atoms. The molecule has 0 bridgehead atoms. The first kappa shape index (κ1) is 20.1. The fraction of sp³-hybridized carbons (Fsp3) is 0.318. The number of ether oxygens (including phenoxy) is 1. The Bertz CT molecular complexity index is 847. The van der Waals surface area contributed by atoms with E-state index in [0.29, 0.717) is 29.1 Å². The first-order chi connectivity index (χ1) is 13.6. The lowest BCUT2D eigenvalue weighted by atomic mass is 10.1. The summed E-state index contributed by atoms with van der Waals surface area (Å²) >= 11 is 1.29. The van der Waals surface area contributed by atoms with E-state index >= 15 is 0 Å². The highest BCUT2D eigenvalue weighted by Crippen LogP contribution is 2.28. The van der Waals surface area contributed by atoms with Crippen LogP contribution in [0.25, 0.3) is 0 Å². The van der Waals surface area contributed by atoms with Crippen molar-refractivity contribution in [2.75, 3.05) is 18.8 Å². The molecular formula is C22H23NO4S. The van der Waals surface area contributed by atoms with Gasteiger partial charge in [0.15, 0.2) is 0 Å². The second-order valence-electron chi connectivity index (χ2n) is 6.72. The molecule has 146 valence electrons. The molecule has 1 aliphatic rings. The number of carbonyl (C=O) groups is 3. The van der Waals surface area contributed by atoms with Gasteiger partial charge in [-0.15, -0.1) is 11.8 Å². The standard InChI is InChI=1S/C22H23NO4S/c1-16(24)15-28-19-12-6-5-11-18(19)22(26)27-20(17-9-3-2-4-10-17)21(25)23-13-7-8-14-23/h2-6,9-12,20H,7-8,13-15H2,1H3/t20-/m0/s1. The van der Waals surface area contributed by atoms with Gasteiger partial charge in [-0.2, -0.15) is 0 Å². The van der Waals surface area contributed by atoms with Crippen LogP contribution in [-0.4, -0.2) is 41.4 Å². The van der Waals surface area contributed by atoms with Crippen molar-refractivity contribution in [3.8, 4) is 0 Å². The highest BCUT2D eigenvalue weighted by molar-refractivity contribution is 8.00. The summed E-state index contributed by atoms with van der Waals surface area (Å²) < 4.78 is 5.72. The summed E-state index contributed by atoms with van der Waals surface area (Å²) in [4.78, 5) is 39.7. The number of ketones is 1. The molecule has 1 heterocycles. The molecule has 2 aromatic rings. The molecule has 0 aliphatic carbocycles. The van der Waals surface area contributed by atoms with Crippen LogP contribution in [0.1, 0.15) is 41.8 Å². The lowest BCUT2D eigenvalue weighted by Crippen LogP contribution is -2.35. The Morgan fingerprint density at radius 3 is 2.32 bits per heavy atom. The van der Waals surface area contributed by atoms with Crippen molar-refractivity contribution in [1.29, 1.82) is 0 Å². The average molecular weight is 397 g/mol. The number of Topliss-reactive ketones (excluding diaryl/α,β-unsaturated/α-hetero) is 1. The molecule has 0 unspecified atom stereocenters. The SMILES string of the molecule is CC(=O)CSc1ccccc1C(=O)O[C@H](C(=O)N1CCCC1)c1ccccc1. The molecule has 0 aromatic heterocycles. The number of carbonyl (C=O) groups excluding carboxylic acids is 3. The normalized spacial score (nSPS) is 14.5. The van der Waals surface area contributed by atoms with Crippen LogP contribution in [0.2, 0.25) is 0 Å². The summed E-state index contributed by atoms with van der Waals surface area (Å²) in [6.45, 7) is 2.88. The maximum absolute atomic E-state index is 13.0. The average Bonchev–Trinajstić information content (AvgIpc) is 3.25. The number of esters is 1. The third-order valence-electron chi connectivity index (χ3n) is 4.51. The van der Waals surface area contributed by atoms with Crippen LogP contribution >= 0.6 is 11.8 Å². The molecule has 1 fully saturated rings. The van der Waals surface area contributed by atoms with Gasteiger partial charge in [-0.25, -0.2) is 4.79 Å². The maximum Gasteiger partial charge on any atom is 0.340 e. The Morgan fingerprint density at radius 2 is 1.64 bits per heavy atom. The largest absolute Gasteiger partial charge is 0.444 e. The fourth-order valence-corrected chi connectivity index (χ4v) is 3.94. The number of thioether (sulfide) groups is 1. The van der Waals surface area contributed by atoms with E-state index in [2.05, 4.69) is 0 Å². The minimum Gasteiger partial charge on any atom is -0.444 e. The van der Waals surface area contributed by atoms with E-state index in [4.69, 9.17) is 4.74 Å². The zero-order valence-electron chi connectivity index (χ0n) is 15.8. The quantitative estimate of drug-likeness (QED) is 0.524. The molecule has 0 radical (unpaired) electrons. The maximum atomic E-state index is 13.0. The molecule has 0 N–H and O–H groups in total. The Morgan fingerprint density at radius 1 is 1.00 bits per heavy atom. The van der Waals surface area contributed by atoms with Gasteiger partial charge in [-0.1, -0.05) is 42.5 Å². The van der Waals surface area contributed by atoms with E-state index in [1.54, 1.807) is 35.2 Å². The molecule has 1 saturated heterocycles. The Labute approximate surface area is 169 Å². The van der Waals surface area contributed by atoms with Crippen molar-refractivity contribution in [3.05, 3.63) is 65.7 Å². The molecule has 0 saturated carbocycles. The van der Waals surface area contributed by atoms with E-state index in [9.17, 15) is 14.4 Å². The highest BCUT2D eigenvalue weighted by Gasteiger charge is 2.31. The number of nitrogens with zero attached hydrogens (tertiary/aromatic N) is 1. The van der Waals surface area contributed by atoms with Gasteiger partial charge in [-0.05, 0) is 31.9 Å².